The number of hydrogen-bond donors (Lipinski definition) is 4. The minimum Gasteiger partial charge on any atom is -0.479 e. The summed E-state index contributed by atoms with van der Waals surface area (Å²) in [5.74, 6) is 1.76. The number of piperazine rings is 2. The molecule has 8 rings (SSSR count). The lowest BCUT2D eigenvalue weighted by atomic mass is 10.0. The van der Waals surface area contributed by atoms with Crippen molar-refractivity contribution in [3.8, 4) is 33.8 Å². The molecule has 6 N–H and O–H groups in total. The van der Waals surface area contributed by atoms with Crippen LogP contribution in [0.1, 0.15) is 11.1 Å². The highest BCUT2D eigenvalue weighted by atomic mass is 35.5. The van der Waals surface area contributed by atoms with Gasteiger partial charge in [-0.05, 0) is 36.4 Å². The van der Waals surface area contributed by atoms with Crippen LogP contribution >= 0.6 is 46.4 Å². The number of aromatic nitrogens is 2. The zero-order chi connectivity index (χ0) is 36.5. The minimum atomic E-state index is -0.543. The first-order chi connectivity index (χ1) is 25.1. The van der Waals surface area contributed by atoms with Crippen molar-refractivity contribution in [3.05, 3.63) is 80.0 Å². The highest BCUT2D eigenvalue weighted by molar-refractivity contribution is 6.36. The van der Waals surface area contributed by atoms with Gasteiger partial charge in [0.1, 0.15) is 23.1 Å². The molecule has 272 valence electrons. The molecule has 52 heavy (non-hydrogen) atoms. The quantitative estimate of drug-likeness (QED) is 0.228. The molecule has 16 heteroatoms. The third-order valence-corrected chi connectivity index (χ3v) is 10.6. The molecule has 2 atom stereocenters. The molecule has 12 nitrogen and oxygen atoms in total. The third-order valence-electron chi connectivity index (χ3n) is 9.41. The fourth-order valence-electron chi connectivity index (χ4n) is 6.84. The van der Waals surface area contributed by atoms with Gasteiger partial charge in [-0.2, -0.15) is 0 Å². The van der Waals surface area contributed by atoms with E-state index in [4.69, 9.17) is 67.3 Å². The zero-order valence-corrected chi connectivity index (χ0v) is 31.0. The van der Waals surface area contributed by atoms with E-state index < -0.39 is 12.2 Å². The van der Waals surface area contributed by atoms with Crippen LogP contribution in [0, 0.1) is 0 Å². The van der Waals surface area contributed by atoms with Gasteiger partial charge >= 0.3 is 0 Å². The summed E-state index contributed by atoms with van der Waals surface area (Å²) >= 11 is 25.3. The Labute approximate surface area is 320 Å². The Bertz CT molecular complexity index is 1880. The van der Waals surface area contributed by atoms with Crippen molar-refractivity contribution in [2.75, 3.05) is 63.8 Å². The van der Waals surface area contributed by atoms with Crippen LogP contribution in [0.2, 0.25) is 20.1 Å². The van der Waals surface area contributed by atoms with Crippen LogP contribution in [-0.4, -0.2) is 96.1 Å². The molecule has 2 amide bonds. The van der Waals surface area contributed by atoms with E-state index in [2.05, 4.69) is 20.6 Å². The number of fused-ring (bicyclic) bond motifs is 2. The number of nitrogen functional groups attached to an aromatic ring is 2. The van der Waals surface area contributed by atoms with E-state index in [-0.39, 0.29) is 23.5 Å². The van der Waals surface area contributed by atoms with Gasteiger partial charge in [-0.3, -0.25) is 9.59 Å². The molecule has 0 spiro atoms. The monoisotopic (exact) mass is 784 g/mol. The molecule has 0 bridgehead atoms. The van der Waals surface area contributed by atoms with Crippen molar-refractivity contribution in [2.45, 2.75) is 25.0 Å². The summed E-state index contributed by atoms with van der Waals surface area (Å²) in [6.45, 7) is 5.96. The second-order valence-electron chi connectivity index (χ2n) is 12.8. The maximum Gasteiger partial charge on any atom is 0.264 e. The number of rotatable bonds is 4. The number of halogens is 4. The van der Waals surface area contributed by atoms with Crippen molar-refractivity contribution >= 4 is 69.9 Å². The molecule has 0 aliphatic carbocycles. The molecule has 4 aliphatic heterocycles. The van der Waals surface area contributed by atoms with Crippen LogP contribution in [0.25, 0.3) is 22.3 Å². The van der Waals surface area contributed by atoms with Crippen LogP contribution in [0.15, 0.2) is 48.8 Å². The van der Waals surface area contributed by atoms with Gasteiger partial charge in [-0.1, -0.05) is 46.4 Å². The van der Waals surface area contributed by atoms with E-state index in [0.29, 0.717) is 81.7 Å². The molecule has 0 radical (unpaired) electrons. The molecule has 6 heterocycles. The molecule has 0 unspecified atom stereocenters. The number of anilines is 2. The first-order valence-electron chi connectivity index (χ1n) is 16.9. The molecule has 2 fully saturated rings. The number of amides is 2. The molecule has 0 saturated carbocycles. The summed E-state index contributed by atoms with van der Waals surface area (Å²) in [7, 11) is 0. The van der Waals surface area contributed by atoms with Crippen LogP contribution in [0.4, 0.5) is 11.6 Å². The second-order valence-corrected chi connectivity index (χ2v) is 14.4. The Balaban J connectivity index is 0.000000162. The Morgan fingerprint density at radius 1 is 0.635 bits per heavy atom. The standard InChI is InChI=1S/2C18H18Cl2N4O2/c2*19-11-7-10-8-14(18(25)24-5-3-22-4-6-24)26-16(10)13(9-11)12-1-2-23-17(21)15(12)20/h2*1-2,7,9,14,22H,3-6,8H2,(H2,21,23)/t2*14-/m10/s1. The third kappa shape index (κ3) is 7.41. The number of carbonyl (C=O) groups excluding carboxylic acids is 2. The van der Waals surface area contributed by atoms with E-state index in [1.165, 1.54) is 0 Å². The van der Waals surface area contributed by atoms with Crippen molar-refractivity contribution in [2.24, 2.45) is 0 Å². The lowest BCUT2D eigenvalue weighted by Crippen LogP contribution is -2.50. The van der Waals surface area contributed by atoms with Gasteiger partial charge in [0, 0.05) is 121 Å². The van der Waals surface area contributed by atoms with Crippen LogP contribution in [0.5, 0.6) is 11.5 Å². The Hall–Kier alpha value is -4.04. The summed E-state index contributed by atoms with van der Waals surface area (Å²) in [4.78, 5) is 37.3. The normalized spacial score (nSPS) is 19.2. The first-order valence-corrected chi connectivity index (χ1v) is 18.4. The van der Waals surface area contributed by atoms with Crippen molar-refractivity contribution in [3.63, 3.8) is 0 Å². The van der Waals surface area contributed by atoms with Crippen molar-refractivity contribution in [1.29, 1.82) is 0 Å². The van der Waals surface area contributed by atoms with Crippen molar-refractivity contribution < 1.29 is 19.1 Å². The Morgan fingerprint density at radius 2 is 1.02 bits per heavy atom. The average Bonchev–Trinajstić information content (AvgIpc) is 3.78. The number of nitrogens with zero attached hydrogens (tertiary/aromatic N) is 4. The number of ether oxygens (including phenoxy) is 2. The number of benzene rings is 2. The molecular weight excluding hydrogens is 750 g/mol. The lowest BCUT2D eigenvalue weighted by molar-refractivity contribution is -0.139. The second kappa shape index (κ2) is 15.5. The summed E-state index contributed by atoms with van der Waals surface area (Å²) in [6, 6.07) is 10.8. The molecule has 2 aromatic heterocycles. The number of nitrogens with two attached hydrogens (primary N) is 2. The predicted molar refractivity (Wildman–Crippen MR) is 203 cm³/mol. The summed E-state index contributed by atoms with van der Waals surface area (Å²) in [5, 5.41) is 8.29. The van der Waals surface area contributed by atoms with Gasteiger partial charge in [-0.25, -0.2) is 9.97 Å². The maximum absolute atomic E-state index is 12.8. The van der Waals surface area contributed by atoms with Gasteiger partial charge < -0.3 is 41.4 Å². The highest BCUT2D eigenvalue weighted by Crippen LogP contribution is 2.45. The molecule has 2 saturated heterocycles. The van der Waals surface area contributed by atoms with Gasteiger partial charge in [0.05, 0.1) is 10.0 Å². The van der Waals surface area contributed by atoms with E-state index in [9.17, 15) is 9.59 Å². The first kappa shape index (κ1) is 36.3. The van der Waals surface area contributed by atoms with Gasteiger partial charge in [0.15, 0.2) is 12.2 Å². The summed E-state index contributed by atoms with van der Waals surface area (Å²) in [6.07, 6.45) is 3.06. The fourth-order valence-corrected chi connectivity index (χ4v) is 7.75. The maximum atomic E-state index is 12.8. The lowest BCUT2D eigenvalue weighted by Gasteiger charge is -2.29. The SMILES string of the molecule is Nc1nccc(-c2cc(Cl)cc3c2O[C@@H](C(=O)N2CCNCC2)C3)c1Cl.Nc1nccc(-c2cc(Cl)cc3c2O[C@H](C(=O)N2CCNCC2)C3)c1Cl. The Morgan fingerprint density at radius 3 is 1.40 bits per heavy atom. The van der Waals surface area contributed by atoms with Gasteiger partial charge in [-0.15, -0.1) is 0 Å². The zero-order valence-electron chi connectivity index (χ0n) is 27.9. The van der Waals surface area contributed by atoms with Gasteiger partial charge in [0.25, 0.3) is 11.8 Å². The molecule has 2 aromatic carbocycles. The number of carbonyl (C=O) groups is 2. The number of nitrogens with one attached hydrogen (secondary N) is 2. The summed E-state index contributed by atoms with van der Waals surface area (Å²) < 4.78 is 12.1. The summed E-state index contributed by atoms with van der Waals surface area (Å²) in [5.41, 5.74) is 16.3. The number of pyridine rings is 2. The van der Waals surface area contributed by atoms with E-state index >= 15 is 0 Å². The van der Waals surface area contributed by atoms with Crippen LogP contribution in [0.3, 0.4) is 0 Å². The van der Waals surface area contributed by atoms with E-state index in [1.807, 2.05) is 21.9 Å². The smallest absolute Gasteiger partial charge is 0.264 e. The molecule has 4 aliphatic rings. The largest absolute Gasteiger partial charge is 0.479 e. The average molecular weight is 787 g/mol. The van der Waals surface area contributed by atoms with E-state index in [0.717, 1.165) is 48.4 Å². The minimum absolute atomic E-state index is 0.00473. The Kier molecular flexibility index (Phi) is 10.8. The predicted octanol–water partition coefficient (Wildman–Crippen LogP) is 4.75. The van der Waals surface area contributed by atoms with E-state index in [1.54, 1.807) is 36.7 Å². The molecular formula is C36H36Cl4N8O4. The van der Waals surface area contributed by atoms with Crippen LogP contribution < -0.4 is 31.6 Å². The fraction of sp³-hybridized carbons (Fsp3) is 0.333. The number of hydrogen-bond acceptors (Lipinski definition) is 10. The van der Waals surface area contributed by atoms with Gasteiger partial charge in [0.2, 0.25) is 0 Å². The highest BCUT2D eigenvalue weighted by Gasteiger charge is 2.36. The topological polar surface area (TPSA) is 161 Å². The van der Waals surface area contributed by atoms with Crippen molar-refractivity contribution in [1.82, 2.24) is 30.4 Å². The van der Waals surface area contributed by atoms with Crippen LogP contribution in [-0.2, 0) is 22.4 Å². The molecule has 4 aromatic rings.